The lowest BCUT2D eigenvalue weighted by atomic mass is 9.78. The van der Waals surface area contributed by atoms with Crippen LogP contribution in [0.5, 0.6) is 0 Å². The average molecular weight is 322 g/mol. The largest absolute Gasteiger partial charge is 0.481 e. The number of carboxylic acids is 1. The summed E-state index contributed by atoms with van der Waals surface area (Å²) < 4.78 is 0. The first kappa shape index (κ1) is 15.3. The molecule has 118 valence electrons. The molecular formula is C17H20ClNO3. The molecule has 2 aliphatic rings. The van der Waals surface area contributed by atoms with Gasteiger partial charge in [0.15, 0.2) is 0 Å². The smallest absolute Gasteiger partial charge is 0.307 e. The Kier molecular flexibility index (Phi) is 3.68. The Morgan fingerprint density at radius 1 is 1.14 bits per heavy atom. The summed E-state index contributed by atoms with van der Waals surface area (Å²) in [6.45, 7) is 4.20. The predicted octanol–water partition coefficient (Wildman–Crippen LogP) is 3.66. The lowest BCUT2D eigenvalue weighted by Gasteiger charge is -2.27. The molecule has 0 radical (unpaired) electrons. The van der Waals surface area contributed by atoms with Gasteiger partial charge in [0.25, 0.3) is 0 Å². The molecule has 0 heterocycles. The Bertz CT molecular complexity index is 611. The maximum Gasteiger partial charge on any atom is 0.307 e. The van der Waals surface area contributed by atoms with Crippen molar-refractivity contribution in [1.82, 2.24) is 0 Å². The molecule has 2 saturated carbocycles. The first-order valence-electron chi connectivity index (χ1n) is 7.61. The van der Waals surface area contributed by atoms with Crippen LogP contribution in [0.15, 0.2) is 24.3 Å². The highest BCUT2D eigenvalue weighted by Gasteiger charge is 2.63. The first-order chi connectivity index (χ1) is 10.3. The Labute approximate surface area is 134 Å². The molecule has 2 N–H and O–H groups in total. The highest BCUT2D eigenvalue weighted by atomic mass is 35.5. The number of carboxylic acid groups (broad SMARTS) is 1. The van der Waals surface area contributed by atoms with Crippen molar-refractivity contribution < 1.29 is 14.7 Å². The fraction of sp³-hybridized carbons (Fsp3) is 0.529. The average Bonchev–Trinajstić information content (AvgIpc) is 2.87. The quantitative estimate of drug-likeness (QED) is 0.892. The van der Waals surface area contributed by atoms with Crippen LogP contribution in [0.2, 0.25) is 5.02 Å². The summed E-state index contributed by atoms with van der Waals surface area (Å²) in [5.41, 5.74) is 0.560. The number of nitrogens with one attached hydrogen (secondary N) is 1. The van der Waals surface area contributed by atoms with Crippen LogP contribution < -0.4 is 5.32 Å². The SMILES string of the molecule is CC1(C)C2CCC1C(C(=O)Nc1ccc(Cl)cc1)C2C(=O)O. The van der Waals surface area contributed by atoms with E-state index in [4.69, 9.17) is 11.6 Å². The van der Waals surface area contributed by atoms with Crippen LogP contribution in [0, 0.1) is 29.1 Å². The van der Waals surface area contributed by atoms with Gasteiger partial charge < -0.3 is 10.4 Å². The molecule has 1 aromatic rings. The van der Waals surface area contributed by atoms with Crippen molar-refractivity contribution in [3.8, 4) is 0 Å². The second-order valence-corrected chi connectivity index (χ2v) is 7.43. The van der Waals surface area contributed by atoms with Crippen molar-refractivity contribution in [2.75, 3.05) is 5.32 Å². The summed E-state index contributed by atoms with van der Waals surface area (Å²) in [5.74, 6) is -1.86. The van der Waals surface area contributed by atoms with Gasteiger partial charge in [-0.15, -0.1) is 0 Å². The molecule has 0 aliphatic heterocycles. The van der Waals surface area contributed by atoms with E-state index in [0.717, 1.165) is 12.8 Å². The fourth-order valence-corrected chi connectivity index (χ4v) is 4.72. The van der Waals surface area contributed by atoms with E-state index in [-0.39, 0.29) is 23.2 Å². The molecule has 0 saturated heterocycles. The van der Waals surface area contributed by atoms with Crippen LogP contribution in [-0.4, -0.2) is 17.0 Å². The van der Waals surface area contributed by atoms with E-state index in [1.165, 1.54) is 0 Å². The highest BCUT2D eigenvalue weighted by Crippen LogP contribution is 2.63. The molecule has 2 fully saturated rings. The van der Waals surface area contributed by atoms with Crippen LogP contribution in [0.1, 0.15) is 26.7 Å². The van der Waals surface area contributed by atoms with E-state index in [1.54, 1.807) is 24.3 Å². The standard InChI is InChI=1S/C17H20ClNO3/c1-17(2)11-7-8-12(17)14(16(21)22)13(11)15(20)19-10-5-3-9(18)4-6-10/h3-6,11-14H,7-8H2,1-2H3,(H,19,20)(H,21,22). The van der Waals surface area contributed by atoms with Gasteiger partial charge >= 0.3 is 5.97 Å². The Balaban J connectivity index is 1.84. The minimum Gasteiger partial charge on any atom is -0.481 e. The van der Waals surface area contributed by atoms with Crippen LogP contribution in [0.25, 0.3) is 0 Å². The number of carbonyl (C=O) groups excluding carboxylic acids is 1. The highest BCUT2D eigenvalue weighted by molar-refractivity contribution is 6.30. The van der Waals surface area contributed by atoms with Crippen LogP contribution in [0.3, 0.4) is 0 Å². The molecule has 5 heteroatoms. The Hall–Kier alpha value is -1.55. The van der Waals surface area contributed by atoms with Gasteiger partial charge in [-0.1, -0.05) is 25.4 Å². The zero-order valence-corrected chi connectivity index (χ0v) is 13.4. The number of aliphatic carboxylic acids is 1. The molecule has 2 aliphatic carbocycles. The molecule has 3 rings (SSSR count). The minimum absolute atomic E-state index is 0.0796. The summed E-state index contributed by atoms with van der Waals surface area (Å²) in [4.78, 5) is 24.4. The van der Waals surface area contributed by atoms with Crippen LogP contribution in [0.4, 0.5) is 5.69 Å². The predicted molar refractivity (Wildman–Crippen MR) is 84.7 cm³/mol. The Morgan fingerprint density at radius 3 is 2.23 bits per heavy atom. The fourth-order valence-electron chi connectivity index (χ4n) is 4.59. The van der Waals surface area contributed by atoms with Gasteiger partial charge in [-0.3, -0.25) is 9.59 Å². The summed E-state index contributed by atoms with van der Waals surface area (Å²) >= 11 is 5.84. The van der Waals surface area contributed by atoms with Gasteiger partial charge in [0.1, 0.15) is 0 Å². The lowest BCUT2D eigenvalue weighted by molar-refractivity contribution is -0.148. The number of hydrogen-bond acceptors (Lipinski definition) is 2. The number of carbonyl (C=O) groups is 2. The van der Waals surface area contributed by atoms with E-state index in [2.05, 4.69) is 19.2 Å². The normalized spacial score (nSPS) is 32.0. The maximum absolute atomic E-state index is 12.7. The monoisotopic (exact) mass is 321 g/mol. The molecule has 0 aromatic heterocycles. The van der Waals surface area contributed by atoms with E-state index in [9.17, 15) is 14.7 Å². The number of fused-ring (bicyclic) bond motifs is 2. The zero-order chi connectivity index (χ0) is 16.1. The van der Waals surface area contributed by atoms with E-state index >= 15 is 0 Å². The first-order valence-corrected chi connectivity index (χ1v) is 7.99. The molecule has 4 atom stereocenters. The molecule has 4 unspecified atom stereocenters. The van der Waals surface area contributed by atoms with Crippen molar-refractivity contribution in [2.45, 2.75) is 26.7 Å². The number of benzene rings is 1. The molecule has 0 spiro atoms. The van der Waals surface area contributed by atoms with Gasteiger partial charge in [0.2, 0.25) is 5.91 Å². The summed E-state index contributed by atoms with van der Waals surface area (Å²) in [6.07, 6.45) is 1.83. The van der Waals surface area contributed by atoms with Gasteiger partial charge in [0, 0.05) is 10.7 Å². The minimum atomic E-state index is -0.850. The molecule has 22 heavy (non-hydrogen) atoms. The third-order valence-electron chi connectivity index (χ3n) is 5.65. The van der Waals surface area contributed by atoms with Gasteiger partial charge in [-0.2, -0.15) is 0 Å². The van der Waals surface area contributed by atoms with Crippen molar-refractivity contribution in [1.29, 1.82) is 0 Å². The van der Waals surface area contributed by atoms with Crippen LogP contribution >= 0.6 is 11.6 Å². The third-order valence-corrected chi connectivity index (χ3v) is 5.91. The topological polar surface area (TPSA) is 66.4 Å². The van der Waals surface area contributed by atoms with E-state index < -0.39 is 17.8 Å². The molecule has 4 nitrogen and oxygen atoms in total. The van der Waals surface area contributed by atoms with Gasteiger partial charge in [-0.05, 0) is 54.4 Å². The number of rotatable bonds is 3. The second-order valence-electron chi connectivity index (χ2n) is 7.00. The number of halogens is 1. The number of hydrogen-bond donors (Lipinski definition) is 2. The lowest BCUT2D eigenvalue weighted by Crippen LogP contribution is -2.37. The van der Waals surface area contributed by atoms with Crippen molar-refractivity contribution in [2.24, 2.45) is 29.1 Å². The van der Waals surface area contributed by atoms with Crippen molar-refractivity contribution >= 4 is 29.2 Å². The zero-order valence-electron chi connectivity index (χ0n) is 12.7. The number of amides is 1. The maximum atomic E-state index is 12.7. The van der Waals surface area contributed by atoms with E-state index in [0.29, 0.717) is 10.7 Å². The summed E-state index contributed by atoms with van der Waals surface area (Å²) in [5, 5.41) is 13.0. The second kappa shape index (κ2) is 5.27. The van der Waals surface area contributed by atoms with Crippen molar-refractivity contribution in [3.05, 3.63) is 29.3 Å². The van der Waals surface area contributed by atoms with Gasteiger partial charge in [0.05, 0.1) is 11.8 Å². The number of anilines is 1. The van der Waals surface area contributed by atoms with Crippen LogP contribution in [-0.2, 0) is 9.59 Å². The van der Waals surface area contributed by atoms with Crippen molar-refractivity contribution in [3.63, 3.8) is 0 Å². The summed E-state index contributed by atoms with van der Waals surface area (Å²) in [6, 6.07) is 6.87. The molecule has 1 amide bonds. The van der Waals surface area contributed by atoms with E-state index in [1.807, 2.05) is 0 Å². The summed E-state index contributed by atoms with van der Waals surface area (Å²) in [7, 11) is 0. The molecular weight excluding hydrogens is 302 g/mol. The third kappa shape index (κ3) is 2.30. The van der Waals surface area contributed by atoms with Gasteiger partial charge in [-0.25, -0.2) is 0 Å². The molecule has 2 bridgehead atoms. The Morgan fingerprint density at radius 2 is 1.68 bits per heavy atom. The molecule has 1 aromatic carbocycles.